The van der Waals surface area contributed by atoms with Crippen molar-refractivity contribution < 1.29 is 20.9 Å². The molecule has 3 N–H and O–H groups in total. The zero-order valence-electron chi connectivity index (χ0n) is 19.4. The lowest BCUT2D eigenvalue weighted by molar-refractivity contribution is 0.434. The van der Waals surface area contributed by atoms with Crippen LogP contribution in [0.1, 0.15) is 28.0 Å². The fraction of sp³-hybridized carbons (Fsp3) is 0.240. The molecule has 1 aromatic carbocycles. The summed E-state index contributed by atoms with van der Waals surface area (Å²) in [6.45, 7) is 5.94. The fourth-order valence-corrected chi connectivity index (χ4v) is 4.55. The first kappa shape index (κ1) is 24.0. The number of benzene rings is 1. The molecule has 0 spiro atoms. The number of aryl methyl sites for hydroxylation is 1. The molecule has 0 unspecified atom stereocenters. The SMILES string of the molecule is CNCc1ccc(-c2cc(-c3cc(-c4ccc(S(O)(O)C(C)C)cn4)cnc3C)on2)c(F)c1.[HH].[HH]. The number of nitrogens with zero attached hydrogens (tertiary/aromatic N) is 3. The normalized spacial score (nSPS) is 12.4. The molecule has 0 atom stereocenters. The Bertz CT molecular complexity index is 1320. The van der Waals surface area contributed by atoms with E-state index in [1.54, 1.807) is 44.3 Å². The predicted octanol–water partition coefficient (Wildman–Crippen LogP) is 6.64. The molecule has 0 aliphatic rings. The highest BCUT2D eigenvalue weighted by atomic mass is 32.3. The highest BCUT2D eigenvalue weighted by Crippen LogP contribution is 2.52. The van der Waals surface area contributed by atoms with Crippen molar-refractivity contribution in [3.8, 4) is 33.8 Å². The fourth-order valence-electron chi connectivity index (χ4n) is 3.53. The number of rotatable bonds is 7. The van der Waals surface area contributed by atoms with Gasteiger partial charge in [-0.2, -0.15) is 10.6 Å². The molecule has 3 heterocycles. The highest BCUT2D eigenvalue weighted by Gasteiger charge is 2.21. The van der Waals surface area contributed by atoms with Crippen LogP contribution in [0.2, 0.25) is 0 Å². The lowest BCUT2D eigenvalue weighted by Crippen LogP contribution is -2.10. The van der Waals surface area contributed by atoms with E-state index in [0.717, 1.165) is 16.8 Å². The van der Waals surface area contributed by atoms with E-state index < -0.39 is 10.6 Å². The van der Waals surface area contributed by atoms with E-state index in [9.17, 15) is 13.5 Å². The van der Waals surface area contributed by atoms with Gasteiger partial charge in [-0.15, -0.1) is 0 Å². The minimum atomic E-state index is -2.90. The quantitative estimate of drug-likeness (QED) is 0.269. The van der Waals surface area contributed by atoms with Gasteiger partial charge in [0.15, 0.2) is 5.76 Å². The minimum absolute atomic E-state index is 0. The van der Waals surface area contributed by atoms with Crippen molar-refractivity contribution in [1.29, 1.82) is 0 Å². The van der Waals surface area contributed by atoms with E-state index in [-0.39, 0.29) is 13.9 Å². The Morgan fingerprint density at radius 1 is 1.03 bits per heavy atom. The molecule has 0 fully saturated rings. The maximum atomic E-state index is 14.6. The van der Waals surface area contributed by atoms with Gasteiger partial charge in [0, 0.05) is 49.3 Å². The van der Waals surface area contributed by atoms with Crippen molar-refractivity contribution in [2.75, 3.05) is 7.05 Å². The van der Waals surface area contributed by atoms with Crippen molar-refractivity contribution in [1.82, 2.24) is 20.4 Å². The van der Waals surface area contributed by atoms with Crippen LogP contribution >= 0.6 is 10.6 Å². The minimum Gasteiger partial charge on any atom is -0.356 e. The Morgan fingerprint density at radius 3 is 2.47 bits per heavy atom. The first-order chi connectivity index (χ1) is 16.2. The van der Waals surface area contributed by atoms with Crippen molar-refractivity contribution in [2.24, 2.45) is 0 Å². The van der Waals surface area contributed by atoms with Gasteiger partial charge in [0.25, 0.3) is 0 Å². The zero-order valence-corrected chi connectivity index (χ0v) is 20.2. The summed E-state index contributed by atoms with van der Waals surface area (Å²) in [5.41, 5.74) is 4.39. The zero-order chi connectivity index (χ0) is 24.5. The van der Waals surface area contributed by atoms with Crippen LogP contribution in [0.15, 0.2) is 64.3 Å². The Kier molecular flexibility index (Phi) is 6.81. The second-order valence-electron chi connectivity index (χ2n) is 8.30. The van der Waals surface area contributed by atoms with E-state index in [2.05, 4.69) is 20.4 Å². The molecule has 9 heteroatoms. The number of aromatic nitrogens is 3. The summed E-state index contributed by atoms with van der Waals surface area (Å²) in [5, 5.41) is 6.76. The topological polar surface area (TPSA) is 104 Å². The smallest absolute Gasteiger partial charge is 0.169 e. The third-order valence-electron chi connectivity index (χ3n) is 5.59. The van der Waals surface area contributed by atoms with Crippen LogP contribution in [0.5, 0.6) is 0 Å². The number of nitrogens with one attached hydrogen (secondary N) is 1. The summed E-state index contributed by atoms with van der Waals surface area (Å²) in [4.78, 5) is 9.27. The maximum absolute atomic E-state index is 14.6. The standard InChI is InChI=1S/C25H27FN4O3S.2H2/c1-15(2)34(31,32)19-6-8-23(29-14-19)18-10-21(16(3)28-13-18)25-11-24(30-33-25)20-7-5-17(12-27-4)9-22(20)26;;/h5-11,13-15,27,31-32H,12H2,1-4H3;2*1H. The lowest BCUT2D eigenvalue weighted by Gasteiger charge is -2.36. The summed E-state index contributed by atoms with van der Waals surface area (Å²) in [7, 11) is -1.09. The molecular weight excluding hydrogens is 455 g/mol. The molecule has 0 radical (unpaired) electrons. The van der Waals surface area contributed by atoms with Gasteiger partial charge < -0.3 is 9.84 Å². The number of pyridine rings is 2. The average molecular weight is 487 g/mol. The summed E-state index contributed by atoms with van der Waals surface area (Å²) in [6.07, 6.45) is 3.18. The van der Waals surface area contributed by atoms with Gasteiger partial charge in [0.1, 0.15) is 11.5 Å². The van der Waals surface area contributed by atoms with Crippen LogP contribution in [0.25, 0.3) is 33.8 Å². The Hall–Kier alpha value is -3.11. The van der Waals surface area contributed by atoms with Crippen LogP contribution in [0.4, 0.5) is 4.39 Å². The summed E-state index contributed by atoms with van der Waals surface area (Å²) < 4.78 is 40.9. The summed E-state index contributed by atoms with van der Waals surface area (Å²) >= 11 is 0. The van der Waals surface area contributed by atoms with Gasteiger partial charge in [-0.3, -0.25) is 19.1 Å². The monoisotopic (exact) mass is 486 g/mol. The van der Waals surface area contributed by atoms with Crippen LogP contribution in [-0.2, 0) is 6.54 Å². The van der Waals surface area contributed by atoms with E-state index in [1.165, 1.54) is 12.3 Å². The molecule has 182 valence electrons. The van der Waals surface area contributed by atoms with Crippen LogP contribution in [0.3, 0.4) is 0 Å². The van der Waals surface area contributed by atoms with Gasteiger partial charge >= 0.3 is 0 Å². The molecule has 34 heavy (non-hydrogen) atoms. The first-order valence-corrected chi connectivity index (χ1v) is 12.4. The van der Waals surface area contributed by atoms with Crippen molar-refractivity contribution in [3.05, 3.63) is 71.9 Å². The van der Waals surface area contributed by atoms with Crippen molar-refractivity contribution in [2.45, 2.75) is 37.5 Å². The Labute approximate surface area is 202 Å². The highest BCUT2D eigenvalue weighted by molar-refractivity contribution is 8.24. The molecular formula is C25H31FN4O3S. The molecule has 0 aliphatic carbocycles. The molecule has 0 saturated heterocycles. The predicted molar refractivity (Wildman–Crippen MR) is 136 cm³/mol. The summed E-state index contributed by atoms with van der Waals surface area (Å²) in [6, 6.07) is 12.0. The average Bonchev–Trinajstić information content (AvgIpc) is 3.29. The lowest BCUT2D eigenvalue weighted by atomic mass is 10.0. The molecule has 0 saturated carbocycles. The third kappa shape index (κ3) is 4.74. The van der Waals surface area contributed by atoms with E-state index in [0.29, 0.717) is 39.7 Å². The molecule has 0 aliphatic heterocycles. The Morgan fingerprint density at radius 2 is 1.82 bits per heavy atom. The van der Waals surface area contributed by atoms with Crippen molar-refractivity contribution >= 4 is 10.6 Å². The molecule has 0 bridgehead atoms. The van der Waals surface area contributed by atoms with Gasteiger partial charge in [0.2, 0.25) is 0 Å². The van der Waals surface area contributed by atoms with Gasteiger partial charge in [0.05, 0.1) is 16.8 Å². The van der Waals surface area contributed by atoms with Crippen LogP contribution < -0.4 is 5.32 Å². The van der Waals surface area contributed by atoms with Gasteiger partial charge in [-0.1, -0.05) is 11.2 Å². The molecule has 3 aromatic heterocycles. The van der Waals surface area contributed by atoms with Crippen LogP contribution in [0, 0.1) is 12.7 Å². The number of halogens is 1. The first-order valence-electron chi connectivity index (χ1n) is 10.8. The summed E-state index contributed by atoms with van der Waals surface area (Å²) in [5.74, 6) is 0.0963. The van der Waals surface area contributed by atoms with Crippen molar-refractivity contribution in [3.63, 3.8) is 0 Å². The molecule has 7 nitrogen and oxygen atoms in total. The second-order valence-corrected chi connectivity index (χ2v) is 10.9. The second kappa shape index (κ2) is 9.63. The van der Waals surface area contributed by atoms with E-state index in [4.69, 9.17) is 4.52 Å². The Balaban J connectivity index is 0.00000228. The van der Waals surface area contributed by atoms with E-state index >= 15 is 0 Å². The number of hydrogen-bond donors (Lipinski definition) is 3. The third-order valence-corrected chi connectivity index (χ3v) is 7.84. The van der Waals surface area contributed by atoms with Crippen LogP contribution in [-0.4, -0.2) is 36.5 Å². The van der Waals surface area contributed by atoms with E-state index in [1.807, 2.05) is 26.1 Å². The van der Waals surface area contributed by atoms with Gasteiger partial charge in [-0.05, 0) is 63.7 Å². The molecule has 0 amide bonds. The van der Waals surface area contributed by atoms with Gasteiger partial charge in [-0.25, -0.2) is 4.39 Å². The maximum Gasteiger partial charge on any atom is 0.169 e. The molecule has 4 rings (SSSR count). The number of hydrogen-bond acceptors (Lipinski definition) is 7. The molecule has 4 aromatic rings. The largest absolute Gasteiger partial charge is 0.356 e.